The Balaban J connectivity index is 0.996. The lowest BCUT2D eigenvalue weighted by molar-refractivity contribution is -0.777. The van der Waals surface area contributed by atoms with Crippen molar-refractivity contribution in [2.45, 2.75) is 101 Å². The van der Waals surface area contributed by atoms with E-state index in [0.29, 0.717) is 35.5 Å². The Morgan fingerprint density at radius 1 is 0.897 bits per heavy atom. The highest BCUT2D eigenvalue weighted by Gasteiger charge is 2.70. The van der Waals surface area contributed by atoms with Crippen molar-refractivity contribution < 1.29 is 42.5 Å². The Morgan fingerprint density at radius 2 is 1.69 bits per heavy atom. The molecule has 10 aliphatic carbocycles. The van der Waals surface area contributed by atoms with Crippen molar-refractivity contribution >= 4 is 24.0 Å². The van der Waals surface area contributed by atoms with Crippen LogP contribution in [0.25, 0.3) is 0 Å². The van der Waals surface area contributed by atoms with E-state index in [4.69, 9.17) is 9.47 Å². The number of hydrogen-bond acceptors (Lipinski definition) is 8. The third kappa shape index (κ3) is 3.75. The average Bonchev–Trinajstić information content (AvgIpc) is 2.87. The minimum atomic E-state index is -4.05. The first-order valence-corrected chi connectivity index (χ1v) is 15.7. The lowest BCUT2D eigenvalue weighted by atomic mass is 9.33. The van der Waals surface area contributed by atoms with Crippen LogP contribution < -0.4 is 5.26 Å². The largest absolute Gasteiger partial charge is 0.691 e. The number of halogens is 2. The average molecular weight is 568 g/mol. The molecule has 7 nitrogen and oxygen atoms in total. The normalized spacial score (nSPS) is 51.8. The van der Waals surface area contributed by atoms with E-state index in [1.807, 2.05) is 0 Å². The number of carbonyl (C=O) groups is 2. The standard InChI is InChI=1S/C29H38F2O7S/c30-29(31,39-38-37-34)24(33)35-15-25-6-17-3-18(7-25)10-28(9-17,14-25)36-23(32)27-2-1-26-8-16-4-19(11-26)21(12-27)20(5-16)22(26)13-27/h16-22,34H,1-15H2/p-1. The summed E-state index contributed by atoms with van der Waals surface area (Å²) in [7, 11) is 0. The molecule has 0 saturated heterocycles. The predicted octanol–water partition coefficient (Wildman–Crippen LogP) is 5.12. The molecule has 0 aromatic heterocycles. The van der Waals surface area contributed by atoms with Crippen molar-refractivity contribution in [3.05, 3.63) is 0 Å². The minimum absolute atomic E-state index is 0.00897. The highest BCUT2D eigenvalue weighted by Crippen LogP contribution is 2.76. The van der Waals surface area contributed by atoms with Gasteiger partial charge in [0.2, 0.25) is 0 Å². The van der Waals surface area contributed by atoms with E-state index in [0.717, 1.165) is 69.1 Å². The first kappa shape index (κ1) is 25.7. The molecule has 0 heterocycles. The van der Waals surface area contributed by atoms with E-state index in [9.17, 15) is 23.6 Å². The second-order valence-electron chi connectivity index (χ2n) is 15.3. The quantitative estimate of drug-likeness (QED) is 0.173. The van der Waals surface area contributed by atoms with Gasteiger partial charge in [0.25, 0.3) is 0 Å². The molecule has 9 atom stereocenters. The molecule has 10 heteroatoms. The second kappa shape index (κ2) is 8.32. The van der Waals surface area contributed by atoms with Crippen LogP contribution >= 0.6 is 12.0 Å². The van der Waals surface area contributed by atoms with Gasteiger partial charge in [0.15, 0.2) is 0 Å². The molecule has 11 bridgehead atoms. The van der Waals surface area contributed by atoms with Gasteiger partial charge in [0.1, 0.15) is 17.6 Å². The molecule has 9 unspecified atom stereocenters. The Bertz CT molecular complexity index is 1070. The Morgan fingerprint density at radius 3 is 2.46 bits per heavy atom. The topological polar surface area (TPSA) is 94.1 Å². The number of ether oxygens (including phenoxy) is 2. The van der Waals surface area contributed by atoms with Gasteiger partial charge in [0.05, 0.1) is 12.0 Å². The van der Waals surface area contributed by atoms with Crippen molar-refractivity contribution in [1.29, 1.82) is 0 Å². The Labute approximate surface area is 231 Å². The third-order valence-corrected chi connectivity index (χ3v) is 13.7. The molecule has 216 valence electrons. The van der Waals surface area contributed by atoms with Crippen LogP contribution in [0.1, 0.15) is 89.9 Å². The molecule has 10 saturated carbocycles. The lowest BCUT2D eigenvalue weighted by Gasteiger charge is -2.72. The van der Waals surface area contributed by atoms with Crippen molar-refractivity contribution in [2.75, 3.05) is 6.61 Å². The first-order valence-electron chi connectivity index (χ1n) is 15.0. The van der Waals surface area contributed by atoms with Crippen molar-refractivity contribution in [3.63, 3.8) is 0 Å². The summed E-state index contributed by atoms with van der Waals surface area (Å²) in [6.45, 7) is -0.144. The number of carbonyl (C=O) groups excluding carboxylic acids is 2. The highest BCUT2D eigenvalue weighted by molar-refractivity contribution is 7.96. The predicted molar refractivity (Wildman–Crippen MR) is 131 cm³/mol. The second-order valence-corrected chi connectivity index (χ2v) is 16.2. The van der Waals surface area contributed by atoms with Crippen LogP contribution in [0.2, 0.25) is 0 Å². The fourth-order valence-electron chi connectivity index (χ4n) is 12.8. The SMILES string of the molecule is O=C(OC12CC3CC(CC(COC(=O)C(F)(F)SOO[O-])(C3)C1)C2)C12CCC34CC5CC(C3)C(C1)C(C5)C4C2. The highest BCUT2D eigenvalue weighted by atomic mass is 32.2. The van der Waals surface area contributed by atoms with Crippen molar-refractivity contribution in [1.82, 2.24) is 0 Å². The molecule has 10 rings (SSSR count). The third-order valence-electron chi connectivity index (χ3n) is 13.2. The Hall–Kier alpha value is -0.970. The zero-order valence-electron chi connectivity index (χ0n) is 22.2. The van der Waals surface area contributed by atoms with Crippen LogP contribution in [0.15, 0.2) is 0 Å². The molecular weight excluding hydrogens is 530 g/mol. The number of fused-ring (bicyclic) bond motifs is 1. The van der Waals surface area contributed by atoms with Gasteiger partial charge in [-0.15, -0.1) is 0 Å². The van der Waals surface area contributed by atoms with E-state index in [1.165, 1.54) is 32.1 Å². The summed E-state index contributed by atoms with van der Waals surface area (Å²) in [4.78, 5) is 26.4. The molecule has 0 aliphatic heterocycles. The summed E-state index contributed by atoms with van der Waals surface area (Å²) >= 11 is -0.664. The number of alkyl halides is 2. The van der Waals surface area contributed by atoms with E-state index >= 15 is 0 Å². The summed E-state index contributed by atoms with van der Waals surface area (Å²) in [6, 6.07) is 0. The maximum atomic E-state index is 14.3. The molecule has 1 spiro atoms. The van der Waals surface area contributed by atoms with E-state index in [2.05, 4.69) is 9.37 Å². The van der Waals surface area contributed by atoms with Crippen molar-refractivity contribution in [2.24, 2.45) is 57.7 Å². The molecular formula is C29H37F2O7S-. The molecule has 0 N–H and O–H groups in total. The fourth-order valence-corrected chi connectivity index (χ4v) is 13.0. The van der Waals surface area contributed by atoms with Gasteiger partial charge in [-0.05, 0) is 137 Å². The smallest absolute Gasteiger partial charge is 0.415 e. The van der Waals surface area contributed by atoms with Crippen LogP contribution in [0.3, 0.4) is 0 Å². The van der Waals surface area contributed by atoms with Gasteiger partial charge in [-0.1, -0.05) is 0 Å². The van der Waals surface area contributed by atoms with Gasteiger partial charge in [-0.25, -0.2) is 4.79 Å². The summed E-state index contributed by atoms with van der Waals surface area (Å²) in [5.74, 6) is 2.84. The van der Waals surface area contributed by atoms with Gasteiger partial charge in [-0.3, -0.25) is 9.83 Å². The van der Waals surface area contributed by atoms with Gasteiger partial charge < -0.3 is 14.7 Å². The van der Waals surface area contributed by atoms with Crippen LogP contribution in [-0.2, 0) is 28.4 Å². The summed E-state index contributed by atoms with van der Waals surface area (Å²) < 4.78 is 43.5. The number of hydrogen-bond donors (Lipinski definition) is 0. The minimum Gasteiger partial charge on any atom is -0.691 e. The van der Waals surface area contributed by atoms with Crippen molar-refractivity contribution in [3.8, 4) is 0 Å². The maximum Gasteiger partial charge on any atom is 0.415 e. The van der Waals surface area contributed by atoms with E-state index in [-0.39, 0.29) is 18.0 Å². The van der Waals surface area contributed by atoms with E-state index in [1.54, 1.807) is 0 Å². The monoisotopic (exact) mass is 567 g/mol. The van der Waals surface area contributed by atoms with Gasteiger partial charge in [0, 0.05) is 5.41 Å². The summed E-state index contributed by atoms with van der Waals surface area (Å²) in [5, 5.41) is 8.83. The van der Waals surface area contributed by atoms with Crippen LogP contribution in [0.5, 0.6) is 0 Å². The summed E-state index contributed by atoms with van der Waals surface area (Å²) in [6.07, 6.45) is 14.5. The summed E-state index contributed by atoms with van der Waals surface area (Å²) in [5.41, 5.74) is -0.925. The lowest BCUT2D eigenvalue weighted by Crippen LogP contribution is -2.66. The van der Waals surface area contributed by atoms with Crippen LogP contribution in [-0.4, -0.2) is 29.4 Å². The maximum absolute atomic E-state index is 14.3. The Kier molecular flexibility index (Phi) is 5.48. The molecule has 39 heavy (non-hydrogen) atoms. The molecule has 10 aliphatic rings. The van der Waals surface area contributed by atoms with Crippen LogP contribution in [0.4, 0.5) is 8.78 Å². The molecule has 10 fully saturated rings. The molecule has 0 aromatic rings. The fraction of sp³-hybridized carbons (Fsp3) is 0.931. The molecule has 0 radical (unpaired) electrons. The molecule has 0 amide bonds. The number of esters is 2. The number of rotatable bonds is 8. The van der Waals surface area contributed by atoms with Crippen LogP contribution in [0, 0.1) is 57.7 Å². The van der Waals surface area contributed by atoms with Gasteiger partial charge >= 0.3 is 17.2 Å². The zero-order chi connectivity index (χ0) is 26.8. The van der Waals surface area contributed by atoms with Gasteiger partial charge in [-0.2, -0.15) is 13.1 Å². The zero-order valence-corrected chi connectivity index (χ0v) is 23.0. The molecule has 0 aromatic carbocycles. The van der Waals surface area contributed by atoms with E-state index < -0.39 is 34.3 Å². The first-order chi connectivity index (χ1) is 18.6.